The number of benzene rings is 1. The van der Waals surface area contributed by atoms with E-state index in [1.807, 2.05) is 0 Å². The fourth-order valence-electron chi connectivity index (χ4n) is 1.96. The number of hydrogen-bond donors (Lipinski definition) is 1. The first-order valence-corrected chi connectivity index (χ1v) is 6.45. The number of aliphatic hydroxyl groups is 1. The molecule has 0 spiro atoms. The fraction of sp³-hybridized carbons (Fsp3) is 0.400. The summed E-state index contributed by atoms with van der Waals surface area (Å²) in [4.78, 5) is 34.7. The maximum atomic E-state index is 11.8. The van der Waals surface area contributed by atoms with Crippen LogP contribution in [0.25, 0.3) is 0 Å². The van der Waals surface area contributed by atoms with Gasteiger partial charge in [-0.3, -0.25) is 4.79 Å². The van der Waals surface area contributed by atoms with E-state index in [1.165, 1.54) is 13.2 Å². The second-order valence-electron chi connectivity index (χ2n) is 4.49. The van der Waals surface area contributed by atoms with Crippen molar-refractivity contribution in [2.45, 2.75) is 12.5 Å². The number of ether oxygens (including phenoxy) is 3. The van der Waals surface area contributed by atoms with Crippen LogP contribution in [0.15, 0.2) is 24.3 Å². The van der Waals surface area contributed by atoms with E-state index in [9.17, 15) is 19.5 Å². The summed E-state index contributed by atoms with van der Waals surface area (Å²) < 4.78 is 13.6. The number of hydrogen-bond acceptors (Lipinski definition) is 7. The highest BCUT2D eigenvalue weighted by molar-refractivity contribution is 5.89. The van der Waals surface area contributed by atoms with Gasteiger partial charge in [-0.15, -0.1) is 0 Å². The molecule has 0 amide bonds. The van der Waals surface area contributed by atoms with Crippen LogP contribution in [0.5, 0.6) is 0 Å². The summed E-state index contributed by atoms with van der Waals surface area (Å²) in [5.74, 6) is -3.34. The second kappa shape index (κ2) is 8.14. The predicted octanol–water partition coefficient (Wildman–Crippen LogP) is 0.339. The summed E-state index contributed by atoms with van der Waals surface area (Å²) in [7, 11) is 3.52. The van der Waals surface area contributed by atoms with E-state index >= 15 is 0 Å². The molecule has 2 atom stereocenters. The van der Waals surface area contributed by atoms with E-state index in [2.05, 4.69) is 14.2 Å². The van der Waals surface area contributed by atoms with Crippen molar-refractivity contribution in [3.63, 3.8) is 0 Å². The molecule has 0 radical (unpaired) electrons. The topological polar surface area (TPSA) is 99.1 Å². The van der Waals surface area contributed by atoms with Crippen LogP contribution in [0.2, 0.25) is 0 Å². The van der Waals surface area contributed by atoms with Crippen LogP contribution in [0.1, 0.15) is 15.9 Å². The molecule has 0 saturated carbocycles. The number of aliphatic hydroxyl groups excluding tert-OH is 1. The van der Waals surface area contributed by atoms with Crippen LogP contribution in [0.4, 0.5) is 0 Å². The number of carbonyl (C=O) groups excluding carboxylic acids is 3. The lowest BCUT2D eigenvalue weighted by Crippen LogP contribution is -2.37. The van der Waals surface area contributed by atoms with Gasteiger partial charge in [0, 0.05) is 0 Å². The minimum atomic E-state index is -1.65. The number of carbonyl (C=O) groups is 3. The maximum absolute atomic E-state index is 11.8. The molecule has 1 aromatic rings. The molecule has 0 aliphatic rings. The predicted molar refractivity (Wildman–Crippen MR) is 75.0 cm³/mol. The highest BCUT2D eigenvalue weighted by Crippen LogP contribution is 2.17. The summed E-state index contributed by atoms with van der Waals surface area (Å²) in [6.07, 6.45) is -1.65. The van der Waals surface area contributed by atoms with Gasteiger partial charge in [-0.1, -0.05) is 12.1 Å². The van der Waals surface area contributed by atoms with E-state index < -0.39 is 29.9 Å². The third-order valence-corrected chi connectivity index (χ3v) is 3.13. The van der Waals surface area contributed by atoms with Crippen LogP contribution < -0.4 is 0 Å². The zero-order valence-corrected chi connectivity index (χ0v) is 12.6. The van der Waals surface area contributed by atoms with Gasteiger partial charge in [0.1, 0.15) is 0 Å². The monoisotopic (exact) mass is 310 g/mol. The molecule has 1 rings (SSSR count). The van der Waals surface area contributed by atoms with Gasteiger partial charge >= 0.3 is 17.9 Å². The first kappa shape index (κ1) is 17.6. The Kier molecular flexibility index (Phi) is 6.52. The number of rotatable bonds is 6. The summed E-state index contributed by atoms with van der Waals surface area (Å²) in [6.45, 7) is 0. The van der Waals surface area contributed by atoms with E-state index in [0.717, 1.165) is 14.2 Å². The third kappa shape index (κ3) is 4.29. The molecule has 0 heterocycles. The van der Waals surface area contributed by atoms with Crippen LogP contribution in [-0.2, 0) is 30.2 Å². The van der Waals surface area contributed by atoms with E-state index in [0.29, 0.717) is 11.1 Å². The minimum absolute atomic E-state index is 0.00771. The lowest BCUT2D eigenvalue weighted by molar-refractivity contribution is -0.163. The number of esters is 3. The van der Waals surface area contributed by atoms with E-state index in [-0.39, 0.29) is 6.42 Å². The van der Waals surface area contributed by atoms with Crippen LogP contribution >= 0.6 is 0 Å². The average Bonchev–Trinajstić information content (AvgIpc) is 2.57. The van der Waals surface area contributed by atoms with Crippen molar-refractivity contribution in [1.29, 1.82) is 0 Å². The van der Waals surface area contributed by atoms with E-state index in [1.54, 1.807) is 18.2 Å². The molecule has 0 bridgehead atoms. The van der Waals surface area contributed by atoms with Crippen molar-refractivity contribution in [3.8, 4) is 0 Å². The van der Waals surface area contributed by atoms with Crippen LogP contribution in [-0.4, -0.2) is 50.4 Å². The highest BCUT2D eigenvalue weighted by Gasteiger charge is 2.34. The summed E-state index contributed by atoms with van der Waals surface area (Å²) in [6, 6.07) is 6.35. The molecule has 22 heavy (non-hydrogen) atoms. The van der Waals surface area contributed by atoms with Gasteiger partial charge in [0.2, 0.25) is 0 Å². The average molecular weight is 310 g/mol. The van der Waals surface area contributed by atoms with Crippen molar-refractivity contribution in [3.05, 3.63) is 35.4 Å². The smallest absolute Gasteiger partial charge is 0.337 e. The van der Waals surface area contributed by atoms with Crippen molar-refractivity contribution < 1.29 is 33.7 Å². The highest BCUT2D eigenvalue weighted by atomic mass is 16.5. The Hall–Kier alpha value is -2.41. The van der Waals surface area contributed by atoms with Gasteiger partial charge in [-0.05, 0) is 24.1 Å². The molecular formula is C15H18O7. The van der Waals surface area contributed by atoms with Crippen LogP contribution in [0.3, 0.4) is 0 Å². The van der Waals surface area contributed by atoms with Gasteiger partial charge in [0.15, 0.2) is 6.10 Å². The van der Waals surface area contributed by atoms with Gasteiger partial charge < -0.3 is 19.3 Å². The SMILES string of the molecule is COC(=O)c1cccc(C[C@H](C(=O)OC)[C@@H](O)C(=O)OC)c1. The molecule has 120 valence electrons. The Morgan fingerprint density at radius 1 is 1.05 bits per heavy atom. The van der Waals surface area contributed by atoms with Crippen molar-refractivity contribution >= 4 is 17.9 Å². The van der Waals surface area contributed by atoms with Gasteiger partial charge in [-0.25, -0.2) is 9.59 Å². The lowest BCUT2D eigenvalue weighted by atomic mass is 9.93. The Morgan fingerprint density at radius 2 is 1.68 bits per heavy atom. The first-order chi connectivity index (χ1) is 10.4. The number of methoxy groups -OCH3 is 3. The second-order valence-corrected chi connectivity index (χ2v) is 4.49. The summed E-state index contributed by atoms with van der Waals surface area (Å²) in [5, 5.41) is 9.90. The normalized spacial score (nSPS) is 12.9. The molecule has 7 nitrogen and oxygen atoms in total. The summed E-state index contributed by atoms with van der Waals surface area (Å²) in [5.41, 5.74) is 0.873. The molecule has 0 fully saturated rings. The molecule has 7 heteroatoms. The molecular weight excluding hydrogens is 292 g/mol. The van der Waals surface area contributed by atoms with Crippen LogP contribution in [0, 0.1) is 5.92 Å². The molecule has 1 N–H and O–H groups in total. The maximum Gasteiger partial charge on any atom is 0.337 e. The fourth-order valence-corrected chi connectivity index (χ4v) is 1.96. The van der Waals surface area contributed by atoms with Crippen molar-refractivity contribution in [2.75, 3.05) is 21.3 Å². The first-order valence-electron chi connectivity index (χ1n) is 6.45. The molecule has 0 aliphatic heterocycles. The standard InChI is InChI=1S/C15H18O7/c1-20-13(17)10-6-4-5-9(7-10)8-11(14(18)21-2)12(16)15(19)22-3/h4-7,11-12,16H,8H2,1-3H3/t11-,12+/m0/s1. The minimum Gasteiger partial charge on any atom is -0.469 e. The molecule has 1 aromatic carbocycles. The molecule has 0 saturated heterocycles. The molecule has 0 aliphatic carbocycles. The Labute approximate surface area is 127 Å². The van der Waals surface area contributed by atoms with Gasteiger partial charge in [0.25, 0.3) is 0 Å². The van der Waals surface area contributed by atoms with Crippen molar-refractivity contribution in [1.82, 2.24) is 0 Å². The zero-order valence-electron chi connectivity index (χ0n) is 12.6. The molecule has 0 unspecified atom stereocenters. The van der Waals surface area contributed by atoms with Crippen molar-refractivity contribution in [2.24, 2.45) is 5.92 Å². The third-order valence-electron chi connectivity index (χ3n) is 3.13. The zero-order chi connectivity index (χ0) is 16.7. The Bertz CT molecular complexity index is 553. The van der Waals surface area contributed by atoms with Gasteiger partial charge in [-0.2, -0.15) is 0 Å². The quantitative estimate of drug-likeness (QED) is 0.597. The Morgan fingerprint density at radius 3 is 2.23 bits per heavy atom. The van der Waals surface area contributed by atoms with E-state index in [4.69, 9.17) is 0 Å². The van der Waals surface area contributed by atoms with Gasteiger partial charge in [0.05, 0.1) is 32.8 Å². The largest absolute Gasteiger partial charge is 0.469 e. The summed E-state index contributed by atoms with van der Waals surface area (Å²) >= 11 is 0. The lowest BCUT2D eigenvalue weighted by Gasteiger charge is -2.19. The molecule has 0 aromatic heterocycles. The Balaban J connectivity index is 3.02.